The first-order chi connectivity index (χ1) is 20.5. The average molecular weight is 593 g/mol. The maximum absolute atomic E-state index is 10.6. The monoisotopic (exact) mass is 592 g/mol. The molecule has 4 heterocycles. The fourth-order valence-electron chi connectivity index (χ4n) is 4.91. The minimum Gasteiger partial charge on any atom is -0.486 e. The predicted octanol–water partition coefficient (Wildman–Crippen LogP) is 2.02. The van der Waals surface area contributed by atoms with Gasteiger partial charge in [0.1, 0.15) is 37.3 Å². The number of nitrogens with one attached hydrogen (secondary N) is 1. The van der Waals surface area contributed by atoms with Gasteiger partial charge in [0, 0.05) is 18.0 Å². The Morgan fingerprint density at radius 3 is 2.76 bits per heavy atom. The van der Waals surface area contributed by atoms with Crippen molar-refractivity contribution in [2.45, 2.75) is 31.0 Å². The van der Waals surface area contributed by atoms with Gasteiger partial charge in [0.15, 0.2) is 35.2 Å². The fourth-order valence-corrected chi connectivity index (χ4v) is 5.91. The van der Waals surface area contributed by atoms with Crippen LogP contribution in [0.1, 0.15) is 12.6 Å². The van der Waals surface area contributed by atoms with Crippen LogP contribution in [0.3, 0.4) is 0 Å². The van der Waals surface area contributed by atoms with E-state index < -0.39 is 24.5 Å². The Hall–Kier alpha value is -4.11. The Morgan fingerprint density at radius 1 is 1.05 bits per heavy atom. The standard InChI is InChI=1S/C28H32N8O5S/c29-25-22-26(33-14-32-25)36(15-34-22)27-24(38)23(37)21(41-27)13-42-10-2-7-31-28(30)35-18-4-1-3-16(11-18)17-5-6-19-20(12-17)40-9-8-39-19/h1,3-6,11-12,14-15,21,23-24,27,37-38H,2,7-10,13H2,(H2,29,32,33)(H3,30,31,35)/t21-,23-,24-,27-/m1/s1. The van der Waals surface area contributed by atoms with E-state index in [9.17, 15) is 10.2 Å². The highest BCUT2D eigenvalue weighted by molar-refractivity contribution is 7.99. The summed E-state index contributed by atoms with van der Waals surface area (Å²) in [5.74, 6) is 3.35. The van der Waals surface area contributed by atoms with Crippen LogP contribution in [0.4, 0.5) is 11.5 Å². The van der Waals surface area contributed by atoms with Gasteiger partial charge < -0.3 is 41.2 Å². The molecule has 14 heteroatoms. The molecule has 1 fully saturated rings. The van der Waals surface area contributed by atoms with Crippen molar-refractivity contribution >= 4 is 40.4 Å². The number of aliphatic hydroxyl groups is 2. The van der Waals surface area contributed by atoms with E-state index in [4.69, 9.17) is 25.7 Å². The number of thioether (sulfide) groups is 1. The van der Waals surface area contributed by atoms with Crippen LogP contribution in [0.15, 0.2) is 60.1 Å². The highest BCUT2D eigenvalue weighted by Crippen LogP contribution is 2.35. The number of nitrogen functional groups attached to an aromatic ring is 1. The van der Waals surface area contributed by atoms with Gasteiger partial charge in [0.2, 0.25) is 0 Å². The zero-order valence-electron chi connectivity index (χ0n) is 22.7. The number of guanidine groups is 1. The first-order valence-corrected chi connectivity index (χ1v) is 14.7. The summed E-state index contributed by atoms with van der Waals surface area (Å²) in [6.07, 6.45) is 0.0305. The number of nitrogens with two attached hydrogens (primary N) is 2. The summed E-state index contributed by atoms with van der Waals surface area (Å²) >= 11 is 1.61. The van der Waals surface area contributed by atoms with Crippen molar-refractivity contribution in [1.82, 2.24) is 19.5 Å². The lowest BCUT2D eigenvalue weighted by Crippen LogP contribution is -2.32. The second kappa shape index (κ2) is 12.4. The number of aliphatic imine (C=N–C) groups is 1. The molecule has 220 valence electrons. The molecule has 2 aliphatic rings. The van der Waals surface area contributed by atoms with E-state index in [1.54, 1.807) is 16.3 Å². The van der Waals surface area contributed by atoms with Crippen molar-refractivity contribution in [1.29, 1.82) is 0 Å². The summed E-state index contributed by atoms with van der Waals surface area (Å²) in [6, 6.07) is 13.8. The fraction of sp³-hybridized carbons (Fsp3) is 0.357. The third kappa shape index (κ3) is 5.92. The number of fused-ring (bicyclic) bond motifs is 2. The third-order valence-electron chi connectivity index (χ3n) is 7.02. The van der Waals surface area contributed by atoms with Crippen molar-refractivity contribution in [2.24, 2.45) is 10.7 Å². The Bertz CT molecular complexity index is 1580. The number of nitrogens with zero attached hydrogens (tertiary/aromatic N) is 5. The number of aromatic nitrogens is 4. The molecule has 0 amide bonds. The number of hydrogen-bond donors (Lipinski definition) is 5. The molecule has 0 spiro atoms. The maximum atomic E-state index is 10.6. The lowest BCUT2D eigenvalue weighted by Gasteiger charge is -2.19. The van der Waals surface area contributed by atoms with E-state index in [0.29, 0.717) is 42.6 Å². The zero-order valence-corrected chi connectivity index (χ0v) is 23.5. The molecule has 0 saturated carbocycles. The summed E-state index contributed by atoms with van der Waals surface area (Å²) < 4.78 is 18.9. The SMILES string of the molecule is NC(=NCCCSC[C@H]1O[C@@H](n2cnc3c(N)ncnc32)[C@H](O)[C@@H]1O)Nc1cccc(-c2ccc3c(c2)OCCO3)c1. The van der Waals surface area contributed by atoms with Gasteiger partial charge in [-0.25, -0.2) is 15.0 Å². The van der Waals surface area contributed by atoms with Gasteiger partial charge in [-0.15, -0.1) is 0 Å². The molecule has 2 aromatic heterocycles. The summed E-state index contributed by atoms with van der Waals surface area (Å²) in [4.78, 5) is 16.8. The summed E-state index contributed by atoms with van der Waals surface area (Å²) in [6.45, 7) is 1.64. The number of benzene rings is 2. The van der Waals surface area contributed by atoms with Crippen molar-refractivity contribution in [2.75, 3.05) is 42.3 Å². The number of aliphatic hydroxyl groups excluding tert-OH is 2. The van der Waals surface area contributed by atoms with Crippen molar-refractivity contribution in [3.8, 4) is 22.6 Å². The molecule has 2 aromatic carbocycles. The van der Waals surface area contributed by atoms with Gasteiger partial charge in [0.05, 0.1) is 12.4 Å². The topological polar surface area (TPSA) is 188 Å². The van der Waals surface area contributed by atoms with Crippen LogP contribution in [0, 0.1) is 0 Å². The molecular formula is C28H32N8O5S. The number of imidazole rings is 1. The van der Waals surface area contributed by atoms with Crippen LogP contribution in [-0.4, -0.2) is 85.3 Å². The summed E-state index contributed by atoms with van der Waals surface area (Å²) in [5, 5.41) is 24.4. The molecule has 7 N–H and O–H groups in total. The molecule has 2 aliphatic heterocycles. The normalized spacial score (nSPS) is 22.0. The highest BCUT2D eigenvalue weighted by atomic mass is 32.2. The molecular weight excluding hydrogens is 560 g/mol. The van der Waals surface area contributed by atoms with Gasteiger partial charge >= 0.3 is 0 Å². The lowest BCUT2D eigenvalue weighted by molar-refractivity contribution is -0.0289. The van der Waals surface area contributed by atoms with Crippen LogP contribution < -0.4 is 26.3 Å². The van der Waals surface area contributed by atoms with Crippen LogP contribution in [0.5, 0.6) is 11.5 Å². The van der Waals surface area contributed by atoms with E-state index in [-0.39, 0.29) is 5.82 Å². The Morgan fingerprint density at radius 2 is 1.88 bits per heavy atom. The van der Waals surface area contributed by atoms with Crippen LogP contribution in [0.2, 0.25) is 0 Å². The van der Waals surface area contributed by atoms with Crippen LogP contribution in [0.25, 0.3) is 22.3 Å². The van der Waals surface area contributed by atoms with Crippen LogP contribution >= 0.6 is 11.8 Å². The number of anilines is 2. The smallest absolute Gasteiger partial charge is 0.193 e. The lowest BCUT2D eigenvalue weighted by atomic mass is 10.0. The summed E-state index contributed by atoms with van der Waals surface area (Å²) in [5.41, 5.74) is 15.7. The minimum absolute atomic E-state index is 0.238. The minimum atomic E-state index is -1.13. The van der Waals surface area contributed by atoms with Gasteiger partial charge in [-0.1, -0.05) is 18.2 Å². The number of ether oxygens (including phenoxy) is 3. The van der Waals surface area contributed by atoms with Crippen molar-refractivity contribution in [3.63, 3.8) is 0 Å². The Kier molecular flexibility index (Phi) is 8.28. The highest BCUT2D eigenvalue weighted by Gasteiger charge is 2.44. The van der Waals surface area contributed by atoms with E-state index in [1.165, 1.54) is 12.7 Å². The predicted molar refractivity (Wildman–Crippen MR) is 161 cm³/mol. The van der Waals surface area contributed by atoms with E-state index >= 15 is 0 Å². The van der Waals surface area contributed by atoms with Gasteiger partial charge in [-0.2, -0.15) is 11.8 Å². The average Bonchev–Trinajstić information content (AvgIpc) is 3.56. The number of rotatable bonds is 9. The van der Waals surface area contributed by atoms with Gasteiger partial charge in [-0.05, 0) is 47.6 Å². The van der Waals surface area contributed by atoms with Crippen molar-refractivity contribution in [3.05, 3.63) is 55.1 Å². The van der Waals surface area contributed by atoms with Gasteiger partial charge in [-0.3, -0.25) is 9.56 Å². The van der Waals surface area contributed by atoms with E-state index in [1.807, 2.05) is 42.5 Å². The molecule has 1 saturated heterocycles. The molecule has 6 rings (SSSR count). The van der Waals surface area contributed by atoms with Crippen molar-refractivity contribution < 1.29 is 24.4 Å². The van der Waals surface area contributed by atoms with Crippen LogP contribution in [-0.2, 0) is 4.74 Å². The first-order valence-electron chi connectivity index (χ1n) is 13.6. The number of hydrogen-bond acceptors (Lipinski definition) is 11. The second-order valence-electron chi connectivity index (χ2n) is 9.89. The Labute approximate surface area is 245 Å². The molecule has 4 aromatic rings. The molecule has 0 bridgehead atoms. The maximum Gasteiger partial charge on any atom is 0.193 e. The molecule has 0 unspecified atom stereocenters. The molecule has 0 aliphatic carbocycles. The summed E-state index contributed by atoms with van der Waals surface area (Å²) in [7, 11) is 0. The molecule has 42 heavy (non-hydrogen) atoms. The first kappa shape index (κ1) is 28.0. The molecule has 0 radical (unpaired) electrons. The Balaban J connectivity index is 0.962. The van der Waals surface area contributed by atoms with Gasteiger partial charge in [0.25, 0.3) is 0 Å². The van der Waals surface area contributed by atoms with E-state index in [0.717, 1.165) is 40.5 Å². The molecule has 4 atom stereocenters. The third-order valence-corrected chi connectivity index (χ3v) is 8.16. The van der Waals surface area contributed by atoms with E-state index in [2.05, 4.69) is 25.3 Å². The second-order valence-corrected chi connectivity index (χ2v) is 11.0. The largest absolute Gasteiger partial charge is 0.486 e. The quantitative estimate of drug-likeness (QED) is 0.108. The zero-order chi connectivity index (χ0) is 29.1. The molecule has 13 nitrogen and oxygen atoms in total.